The first-order chi connectivity index (χ1) is 9.78. The zero-order chi connectivity index (χ0) is 13.9. The number of aryl methyl sites for hydroxylation is 1. The second-order valence-corrected chi connectivity index (χ2v) is 5.65. The van der Waals surface area contributed by atoms with Crippen molar-refractivity contribution in [1.82, 2.24) is 14.9 Å². The fraction of sp³-hybridized carbons (Fsp3) is 0.533. The van der Waals surface area contributed by atoms with Gasteiger partial charge in [-0.25, -0.2) is 4.98 Å². The Morgan fingerprint density at radius 2 is 2.40 bits per heavy atom. The van der Waals surface area contributed by atoms with Crippen LogP contribution in [0.5, 0.6) is 0 Å². The SMILES string of the molecule is CCCn1c(CC2CNCCO2)nc2cc(Cl)ccc21. The molecule has 1 N–H and O–H groups in total. The first kappa shape index (κ1) is 13.9. The van der Waals surface area contributed by atoms with Gasteiger partial charge in [0.25, 0.3) is 0 Å². The van der Waals surface area contributed by atoms with Gasteiger partial charge in [0, 0.05) is 31.1 Å². The standard InChI is InChI=1S/C15H20ClN3O/c1-2-6-19-14-4-3-11(16)8-13(14)18-15(19)9-12-10-17-5-7-20-12/h3-4,8,12,17H,2,5-7,9-10H2,1H3. The quantitative estimate of drug-likeness (QED) is 0.942. The Labute approximate surface area is 124 Å². The summed E-state index contributed by atoms with van der Waals surface area (Å²) in [5, 5.41) is 4.10. The van der Waals surface area contributed by atoms with Crippen LogP contribution in [-0.4, -0.2) is 35.4 Å². The van der Waals surface area contributed by atoms with E-state index in [2.05, 4.69) is 22.9 Å². The summed E-state index contributed by atoms with van der Waals surface area (Å²) in [6.45, 7) is 5.79. The molecule has 0 radical (unpaired) electrons. The van der Waals surface area contributed by atoms with Crippen LogP contribution in [0.2, 0.25) is 5.02 Å². The molecule has 0 amide bonds. The Bertz CT molecular complexity index is 590. The van der Waals surface area contributed by atoms with E-state index in [-0.39, 0.29) is 6.10 Å². The smallest absolute Gasteiger partial charge is 0.112 e. The number of nitrogens with zero attached hydrogens (tertiary/aromatic N) is 2. The van der Waals surface area contributed by atoms with E-state index in [4.69, 9.17) is 21.3 Å². The molecule has 1 unspecified atom stereocenters. The molecule has 1 aliphatic rings. The van der Waals surface area contributed by atoms with Crippen molar-refractivity contribution in [3.8, 4) is 0 Å². The summed E-state index contributed by atoms with van der Waals surface area (Å²) in [5.74, 6) is 1.10. The van der Waals surface area contributed by atoms with Crippen LogP contribution < -0.4 is 5.32 Å². The molecular weight excluding hydrogens is 274 g/mol. The number of halogens is 1. The summed E-state index contributed by atoms with van der Waals surface area (Å²) in [5.41, 5.74) is 2.14. The topological polar surface area (TPSA) is 39.1 Å². The number of aromatic nitrogens is 2. The van der Waals surface area contributed by atoms with Crippen molar-refractivity contribution in [3.05, 3.63) is 29.0 Å². The summed E-state index contributed by atoms with van der Waals surface area (Å²) < 4.78 is 8.09. The lowest BCUT2D eigenvalue weighted by atomic mass is 10.2. The molecule has 0 bridgehead atoms. The van der Waals surface area contributed by atoms with Crippen LogP contribution in [-0.2, 0) is 17.7 Å². The molecule has 5 heteroatoms. The van der Waals surface area contributed by atoms with Crippen molar-refractivity contribution in [2.24, 2.45) is 0 Å². The van der Waals surface area contributed by atoms with E-state index in [1.54, 1.807) is 0 Å². The third-order valence-corrected chi connectivity index (χ3v) is 3.89. The molecule has 4 nitrogen and oxygen atoms in total. The predicted octanol–water partition coefficient (Wildman–Crippen LogP) is 2.63. The number of morpholine rings is 1. The van der Waals surface area contributed by atoms with Gasteiger partial charge in [0.2, 0.25) is 0 Å². The Kier molecular flexibility index (Phi) is 4.24. The van der Waals surface area contributed by atoms with E-state index in [0.29, 0.717) is 0 Å². The molecule has 1 atom stereocenters. The van der Waals surface area contributed by atoms with Crippen molar-refractivity contribution in [2.45, 2.75) is 32.4 Å². The number of hydrogen-bond donors (Lipinski definition) is 1. The maximum atomic E-state index is 6.07. The van der Waals surface area contributed by atoms with E-state index >= 15 is 0 Å². The number of rotatable bonds is 4. The normalized spacial score (nSPS) is 19.6. The predicted molar refractivity (Wildman–Crippen MR) is 81.3 cm³/mol. The van der Waals surface area contributed by atoms with Crippen molar-refractivity contribution in [3.63, 3.8) is 0 Å². The van der Waals surface area contributed by atoms with Gasteiger partial charge in [-0.15, -0.1) is 0 Å². The van der Waals surface area contributed by atoms with Gasteiger partial charge in [-0.1, -0.05) is 18.5 Å². The summed E-state index contributed by atoms with van der Waals surface area (Å²) in [6, 6.07) is 5.93. The molecule has 1 fully saturated rings. The van der Waals surface area contributed by atoms with Gasteiger partial charge in [-0.05, 0) is 24.6 Å². The average molecular weight is 294 g/mol. The Balaban J connectivity index is 1.93. The van der Waals surface area contributed by atoms with E-state index in [9.17, 15) is 0 Å². The lowest BCUT2D eigenvalue weighted by molar-refractivity contribution is 0.0276. The van der Waals surface area contributed by atoms with Gasteiger partial charge in [-0.2, -0.15) is 0 Å². The highest BCUT2D eigenvalue weighted by molar-refractivity contribution is 6.31. The highest BCUT2D eigenvalue weighted by atomic mass is 35.5. The Morgan fingerprint density at radius 3 is 3.15 bits per heavy atom. The van der Waals surface area contributed by atoms with Crippen LogP contribution in [0.4, 0.5) is 0 Å². The molecule has 2 heterocycles. The second kappa shape index (κ2) is 6.12. The lowest BCUT2D eigenvalue weighted by Gasteiger charge is -2.23. The highest BCUT2D eigenvalue weighted by Gasteiger charge is 2.18. The van der Waals surface area contributed by atoms with Crippen LogP contribution in [0.3, 0.4) is 0 Å². The van der Waals surface area contributed by atoms with Crippen LogP contribution in [0, 0.1) is 0 Å². The van der Waals surface area contributed by atoms with Crippen molar-refractivity contribution >= 4 is 22.6 Å². The fourth-order valence-electron chi connectivity index (χ4n) is 2.74. The van der Waals surface area contributed by atoms with Crippen LogP contribution >= 0.6 is 11.6 Å². The Hall–Kier alpha value is -1.10. The minimum atomic E-state index is 0.214. The van der Waals surface area contributed by atoms with Crippen LogP contribution in [0.25, 0.3) is 11.0 Å². The third-order valence-electron chi connectivity index (χ3n) is 3.65. The molecule has 3 rings (SSSR count). The Morgan fingerprint density at radius 1 is 1.50 bits per heavy atom. The number of nitrogens with one attached hydrogen (secondary N) is 1. The zero-order valence-corrected chi connectivity index (χ0v) is 12.5. The maximum absolute atomic E-state index is 6.07. The highest BCUT2D eigenvalue weighted by Crippen LogP contribution is 2.22. The average Bonchev–Trinajstić information content (AvgIpc) is 2.77. The molecule has 2 aromatic rings. The molecule has 1 aliphatic heterocycles. The van der Waals surface area contributed by atoms with Crippen LogP contribution in [0.15, 0.2) is 18.2 Å². The molecule has 1 aromatic heterocycles. The summed E-state index contributed by atoms with van der Waals surface area (Å²) in [4.78, 5) is 4.76. The van der Waals surface area contributed by atoms with Crippen LogP contribution in [0.1, 0.15) is 19.2 Å². The van der Waals surface area contributed by atoms with E-state index in [0.717, 1.165) is 61.0 Å². The van der Waals surface area contributed by atoms with Gasteiger partial charge in [0.15, 0.2) is 0 Å². The van der Waals surface area contributed by atoms with Gasteiger partial charge >= 0.3 is 0 Å². The molecule has 0 aliphatic carbocycles. The maximum Gasteiger partial charge on any atom is 0.112 e. The molecule has 20 heavy (non-hydrogen) atoms. The number of hydrogen-bond acceptors (Lipinski definition) is 3. The van der Waals surface area contributed by atoms with Gasteiger partial charge < -0.3 is 14.6 Å². The number of benzene rings is 1. The fourth-order valence-corrected chi connectivity index (χ4v) is 2.90. The van der Waals surface area contributed by atoms with Crippen molar-refractivity contribution in [1.29, 1.82) is 0 Å². The summed E-state index contributed by atoms with van der Waals surface area (Å²) >= 11 is 6.07. The second-order valence-electron chi connectivity index (χ2n) is 5.21. The molecule has 1 aromatic carbocycles. The van der Waals surface area contributed by atoms with E-state index in [1.165, 1.54) is 0 Å². The number of fused-ring (bicyclic) bond motifs is 1. The molecule has 1 saturated heterocycles. The molecule has 108 valence electrons. The van der Waals surface area contributed by atoms with Gasteiger partial charge in [0.05, 0.1) is 23.7 Å². The molecule has 0 saturated carbocycles. The first-order valence-electron chi connectivity index (χ1n) is 7.25. The minimum absolute atomic E-state index is 0.214. The summed E-state index contributed by atoms with van der Waals surface area (Å²) in [7, 11) is 0. The van der Waals surface area contributed by atoms with Crippen molar-refractivity contribution in [2.75, 3.05) is 19.7 Å². The largest absolute Gasteiger partial charge is 0.375 e. The van der Waals surface area contributed by atoms with E-state index < -0.39 is 0 Å². The lowest BCUT2D eigenvalue weighted by Crippen LogP contribution is -2.40. The number of ether oxygens (including phenoxy) is 1. The zero-order valence-electron chi connectivity index (χ0n) is 11.7. The van der Waals surface area contributed by atoms with E-state index in [1.807, 2.05) is 12.1 Å². The van der Waals surface area contributed by atoms with Gasteiger partial charge in [0.1, 0.15) is 5.82 Å². The first-order valence-corrected chi connectivity index (χ1v) is 7.62. The molecular formula is C15H20ClN3O. The van der Waals surface area contributed by atoms with Gasteiger partial charge in [-0.3, -0.25) is 0 Å². The third kappa shape index (κ3) is 2.82. The number of imidazole rings is 1. The molecule has 0 spiro atoms. The summed E-state index contributed by atoms with van der Waals surface area (Å²) in [6.07, 6.45) is 2.15. The van der Waals surface area contributed by atoms with Crippen molar-refractivity contribution < 1.29 is 4.74 Å². The monoisotopic (exact) mass is 293 g/mol. The minimum Gasteiger partial charge on any atom is -0.375 e.